The monoisotopic (exact) mass is 453 g/mol. The molecule has 1 saturated heterocycles. The molecule has 5 heteroatoms. The summed E-state index contributed by atoms with van der Waals surface area (Å²) < 4.78 is 0. The number of fused-ring (bicyclic) bond motifs is 1. The number of carbonyl (C=O) groups is 1. The first kappa shape index (κ1) is 25.7. The number of carbonyl (C=O) groups excluding carboxylic acids is 1. The van der Waals surface area contributed by atoms with Crippen LogP contribution in [0, 0.1) is 0 Å². The van der Waals surface area contributed by atoms with Crippen LogP contribution in [0.1, 0.15) is 70.3 Å². The van der Waals surface area contributed by atoms with Crippen LogP contribution >= 0.6 is 0 Å². The summed E-state index contributed by atoms with van der Waals surface area (Å²) in [7, 11) is 0. The van der Waals surface area contributed by atoms with Crippen molar-refractivity contribution in [2.24, 2.45) is 0 Å². The third-order valence-electron chi connectivity index (χ3n) is 7.19. The number of nitrogens with one attached hydrogen (secondary N) is 1. The minimum Gasteiger partial charge on any atom is -0.303 e. The number of likely N-dealkylation sites (tertiary alicyclic amines) is 1. The van der Waals surface area contributed by atoms with Crippen molar-refractivity contribution in [2.75, 3.05) is 32.7 Å². The summed E-state index contributed by atoms with van der Waals surface area (Å²) >= 11 is 0. The molecule has 2 aromatic carbocycles. The third kappa shape index (κ3) is 8.73. The maximum absolute atomic E-state index is 11.2. The van der Waals surface area contributed by atoms with Crippen LogP contribution in [-0.2, 0) is 11.2 Å². The van der Waals surface area contributed by atoms with Crippen LogP contribution in [0.3, 0.4) is 0 Å². The largest absolute Gasteiger partial charge is 0.303 e. The molecule has 0 radical (unpaired) electrons. The van der Waals surface area contributed by atoms with Gasteiger partial charge in [0.25, 0.3) is 0 Å². The van der Waals surface area contributed by atoms with Crippen LogP contribution in [0.5, 0.6) is 0 Å². The van der Waals surface area contributed by atoms with Crippen LogP contribution in [-0.4, -0.2) is 59.7 Å². The Balaban J connectivity index is 1.47. The van der Waals surface area contributed by atoms with Gasteiger partial charge in [0.15, 0.2) is 0 Å². The molecule has 1 amide bonds. The van der Waals surface area contributed by atoms with E-state index in [0.29, 0.717) is 6.42 Å². The van der Waals surface area contributed by atoms with Crippen molar-refractivity contribution in [2.45, 2.75) is 77.2 Å². The van der Waals surface area contributed by atoms with Gasteiger partial charge in [0.2, 0.25) is 5.91 Å². The van der Waals surface area contributed by atoms with E-state index in [4.69, 9.17) is 5.21 Å². The highest BCUT2D eigenvalue weighted by molar-refractivity contribution is 5.85. The SMILES string of the molecule is CC1CCCCN1CCCCN(CCCCCC(=O)NO)CCc1cccc2ccccc12. The van der Waals surface area contributed by atoms with Gasteiger partial charge in [0, 0.05) is 19.0 Å². The highest BCUT2D eigenvalue weighted by Crippen LogP contribution is 2.20. The van der Waals surface area contributed by atoms with Crippen molar-refractivity contribution in [3.63, 3.8) is 0 Å². The van der Waals surface area contributed by atoms with Gasteiger partial charge in [-0.15, -0.1) is 0 Å². The summed E-state index contributed by atoms with van der Waals surface area (Å²) in [6, 6.07) is 16.1. The van der Waals surface area contributed by atoms with Gasteiger partial charge >= 0.3 is 0 Å². The van der Waals surface area contributed by atoms with E-state index in [9.17, 15) is 4.79 Å². The number of rotatable bonds is 14. The minimum absolute atomic E-state index is 0.283. The maximum Gasteiger partial charge on any atom is 0.243 e. The lowest BCUT2D eigenvalue weighted by Crippen LogP contribution is -2.38. The number of nitrogens with zero attached hydrogens (tertiary/aromatic N) is 2. The molecule has 1 fully saturated rings. The van der Waals surface area contributed by atoms with E-state index in [1.165, 1.54) is 61.5 Å². The summed E-state index contributed by atoms with van der Waals surface area (Å²) in [6.45, 7) is 8.18. The average Bonchev–Trinajstić information content (AvgIpc) is 2.85. The Hall–Kier alpha value is -1.95. The number of hydroxylamine groups is 1. The molecule has 33 heavy (non-hydrogen) atoms. The van der Waals surface area contributed by atoms with Crippen LogP contribution in [0.2, 0.25) is 0 Å². The van der Waals surface area contributed by atoms with Crippen LogP contribution in [0.15, 0.2) is 42.5 Å². The van der Waals surface area contributed by atoms with E-state index >= 15 is 0 Å². The Bertz CT molecular complexity index is 836. The lowest BCUT2D eigenvalue weighted by Gasteiger charge is -2.33. The predicted octanol–water partition coefficient (Wildman–Crippen LogP) is 5.40. The van der Waals surface area contributed by atoms with Crippen molar-refractivity contribution in [1.82, 2.24) is 15.3 Å². The van der Waals surface area contributed by atoms with Gasteiger partial charge in [-0.25, -0.2) is 5.48 Å². The Morgan fingerprint density at radius 1 is 1.00 bits per heavy atom. The molecule has 0 spiro atoms. The van der Waals surface area contributed by atoms with Crippen LogP contribution in [0.25, 0.3) is 10.8 Å². The molecule has 2 aromatic rings. The van der Waals surface area contributed by atoms with Crippen molar-refractivity contribution in [3.05, 3.63) is 48.0 Å². The van der Waals surface area contributed by atoms with Crippen molar-refractivity contribution in [3.8, 4) is 0 Å². The Morgan fingerprint density at radius 2 is 1.79 bits per heavy atom. The van der Waals surface area contributed by atoms with Crippen molar-refractivity contribution in [1.29, 1.82) is 0 Å². The van der Waals surface area contributed by atoms with Crippen molar-refractivity contribution < 1.29 is 10.0 Å². The highest BCUT2D eigenvalue weighted by Gasteiger charge is 2.17. The average molecular weight is 454 g/mol. The molecule has 1 unspecified atom stereocenters. The third-order valence-corrected chi connectivity index (χ3v) is 7.19. The number of amides is 1. The van der Waals surface area contributed by atoms with E-state index in [0.717, 1.165) is 51.4 Å². The summed E-state index contributed by atoms with van der Waals surface area (Å²) in [5.41, 5.74) is 3.16. The van der Waals surface area contributed by atoms with Gasteiger partial charge in [-0.2, -0.15) is 0 Å². The number of benzene rings is 2. The fourth-order valence-corrected chi connectivity index (χ4v) is 5.12. The fourth-order valence-electron chi connectivity index (χ4n) is 5.12. The second-order valence-electron chi connectivity index (χ2n) is 9.66. The molecule has 0 aliphatic carbocycles. The summed E-state index contributed by atoms with van der Waals surface area (Å²) in [4.78, 5) is 16.5. The number of unbranched alkanes of at least 4 members (excludes halogenated alkanes) is 3. The molecule has 182 valence electrons. The minimum atomic E-state index is -0.283. The first-order chi connectivity index (χ1) is 16.2. The zero-order valence-electron chi connectivity index (χ0n) is 20.5. The molecule has 0 aromatic heterocycles. The highest BCUT2D eigenvalue weighted by atomic mass is 16.5. The normalized spacial score (nSPS) is 17.0. The lowest BCUT2D eigenvalue weighted by atomic mass is 10.0. The molecular formula is C28H43N3O2. The van der Waals surface area contributed by atoms with E-state index < -0.39 is 0 Å². The van der Waals surface area contributed by atoms with Gasteiger partial charge in [-0.05, 0) is 94.4 Å². The quantitative estimate of drug-likeness (QED) is 0.228. The van der Waals surface area contributed by atoms with E-state index in [2.05, 4.69) is 59.2 Å². The smallest absolute Gasteiger partial charge is 0.243 e. The second kappa shape index (κ2) is 14.3. The molecule has 0 saturated carbocycles. The topological polar surface area (TPSA) is 55.8 Å². The van der Waals surface area contributed by atoms with Gasteiger partial charge < -0.3 is 9.80 Å². The van der Waals surface area contributed by atoms with Gasteiger partial charge in [-0.1, -0.05) is 55.3 Å². The molecule has 1 heterocycles. The Labute approximate surface area is 200 Å². The number of hydrogen-bond donors (Lipinski definition) is 2. The van der Waals surface area contributed by atoms with Crippen molar-refractivity contribution >= 4 is 16.7 Å². The zero-order chi connectivity index (χ0) is 23.3. The predicted molar refractivity (Wildman–Crippen MR) is 137 cm³/mol. The lowest BCUT2D eigenvalue weighted by molar-refractivity contribution is -0.129. The van der Waals surface area contributed by atoms with Gasteiger partial charge in [-0.3, -0.25) is 10.0 Å². The molecule has 5 nitrogen and oxygen atoms in total. The molecular weight excluding hydrogens is 410 g/mol. The second-order valence-corrected chi connectivity index (χ2v) is 9.66. The number of hydrogen-bond acceptors (Lipinski definition) is 4. The van der Waals surface area contributed by atoms with E-state index in [1.807, 2.05) is 0 Å². The number of piperidine rings is 1. The molecule has 3 rings (SSSR count). The molecule has 1 aliphatic rings. The summed E-state index contributed by atoms with van der Waals surface area (Å²) in [5.74, 6) is -0.283. The molecule has 0 bridgehead atoms. The van der Waals surface area contributed by atoms with Crippen LogP contribution in [0.4, 0.5) is 0 Å². The first-order valence-corrected chi connectivity index (χ1v) is 13.0. The fraction of sp³-hybridized carbons (Fsp3) is 0.607. The zero-order valence-corrected chi connectivity index (χ0v) is 20.5. The Morgan fingerprint density at radius 3 is 2.61 bits per heavy atom. The maximum atomic E-state index is 11.2. The van der Waals surface area contributed by atoms with E-state index in [-0.39, 0.29) is 5.91 Å². The molecule has 1 atom stereocenters. The first-order valence-electron chi connectivity index (χ1n) is 13.0. The van der Waals surface area contributed by atoms with Crippen LogP contribution < -0.4 is 5.48 Å². The molecule has 2 N–H and O–H groups in total. The summed E-state index contributed by atoms with van der Waals surface area (Å²) in [5, 5.41) is 11.3. The molecule has 1 aliphatic heterocycles. The Kier molecular flexibility index (Phi) is 11.2. The van der Waals surface area contributed by atoms with E-state index in [1.54, 1.807) is 5.48 Å². The van der Waals surface area contributed by atoms with Gasteiger partial charge in [0.1, 0.15) is 0 Å². The standard InChI is InChI=1S/C28H43N3O2/c1-24-12-6-8-21-31(24)22-10-9-20-30(19-7-2-3-17-28(32)29-33)23-18-26-15-11-14-25-13-4-5-16-27(25)26/h4-5,11,13-16,24,33H,2-3,6-10,12,17-23H2,1H3,(H,29,32). The summed E-state index contributed by atoms with van der Waals surface area (Å²) in [6.07, 6.45) is 11.0. The van der Waals surface area contributed by atoms with Gasteiger partial charge in [0.05, 0.1) is 0 Å².